The van der Waals surface area contributed by atoms with Crippen molar-refractivity contribution >= 4 is 22.3 Å². The molecule has 0 aliphatic carbocycles. The Hall–Kier alpha value is -1.84. The van der Waals surface area contributed by atoms with E-state index in [1.807, 2.05) is 24.0 Å². The molecule has 4 heteroatoms. The number of hydrogen-bond donors (Lipinski definition) is 1. The summed E-state index contributed by atoms with van der Waals surface area (Å²) < 4.78 is 14.3. The number of benzene rings is 1. The third kappa shape index (κ3) is 2.62. The van der Waals surface area contributed by atoms with Crippen LogP contribution in [0.5, 0.6) is 0 Å². The van der Waals surface area contributed by atoms with E-state index >= 15 is 0 Å². The van der Waals surface area contributed by atoms with Crippen molar-refractivity contribution < 1.29 is 4.39 Å². The number of pyridine rings is 1. The quantitative estimate of drug-likeness (QED) is 0.836. The van der Waals surface area contributed by atoms with Gasteiger partial charge in [0.1, 0.15) is 0 Å². The molecule has 0 saturated heterocycles. The number of hydrogen-bond acceptors (Lipinski definition) is 3. The molecule has 2 rings (SSSR count). The zero-order valence-electron chi connectivity index (χ0n) is 11.5. The van der Waals surface area contributed by atoms with Crippen LogP contribution in [-0.4, -0.2) is 18.1 Å². The van der Waals surface area contributed by atoms with E-state index in [-0.39, 0.29) is 5.82 Å². The maximum Gasteiger partial charge on any atom is 0.150 e. The molecule has 1 heterocycles. The van der Waals surface area contributed by atoms with Gasteiger partial charge in [-0.1, -0.05) is 13.3 Å². The predicted octanol–water partition coefficient (Wildman–Crippen LogP) is 3.58. The van der Waals surface area contributed by atoms with E-state index in [1.54, 1.807) is 6.20 Å². The Labute approximate surface area is 113 Å². The Kier molecular flexibility index (Phi) is 4.20. The van der Waals surface area contributed by atoms with Crippen molar-refractivity contribution in [2.75, 3.05) is 23.7 Å². The highest BCUT2D eigenvalue weighted by atomic mass is 19.1. The molecular formula is C15H20FN3. The summed E-state index contributed by atoms with van der Waals surface area (Å²) >= 11 is 0. The van der Waals surface area contributed by atoms with Crippen molar-refractivity contribution in [3.05, 3.63) is 30.2 Å². The summed E-state index contributed by atoms with van der Waals surface area (Å²) in [5.74, 6) is -0.290. The minimum Gasteiger partial charge on any atom is -0.398 e. The van der Waals surface area contributed by atoms with Crippen LogP contribution in [0.25, 0.3) is 10.9 Å². The van der Waals surface area contributed by atoms with Crippen LogP contribution in [0, 0.1) is 5.82 Å². The predicted molar refractivity (Wildman–Crippen MR) is 78.9 cm³/mol. The van der Waals surface area contributed by atoms with Crippen molar-refractivity contribution in [3.63, 3.8) is 0 Å². The Balaban J connectivity index is 2.57. The standard InChI is InChI=1S/C15H20FN3/c1-3-5-9-19(4-2)15-12(16)10-13(17)11-7-6-8-18-14(11)15/h6-8,10H,3-5,9,17H2,1-2H3. The Bertz CT molecular complexity index is 569. The van der Waals surface area contributed by atoms with Crippen molar-refractivity contribution in [1.29, 1.82) is 0 Å². The highest BCUT2D eigenvalue weighted by Crippen LogP contribution is 2.32. The molecule has 0 amide bonds. The van der Waals surface area contributed by atoms with E-state index in [0.717, 1.165) is 31.3 Å². The van der Waals surface area contributed by atoms with Crippen LogP contribution < -0.4 is 10.6 Å². The van der Waals surface area contributed by atoms with E-state index in [9.17, 15) is 4.39 Å². The average Bonchev–Trinajstić information content (AvgIpc) is 2.42. The van der Waals surface area contributed by atoms with E-state index in [1.165, 1.54) is 6.07 Å². The van der Waals surface area contributed by atoms with E-state index < -0.39 is 0 Å². The number of aromatic nitrogens is 1. The number of nitrogen functional groups attached to an aromatic ring is 1. The van der Waals surface area contributed by atoms with E-state index in [0.29, 0.717) is 16.9 Å². The highest BCUT2D eigenvalue weighted by Gasteiger charge is 2.16. The van der Waals surface area contributed by atoms with Gasteiger partial charge in [-0.2, -0.15) is 0 Å². The van der Waals surface area contributed by atoms with Gasteiger partial charge in [0.25, 0.3) is 0 Å². The second-order valence-corrected chi connectivity index (χ2v) is 4.63. The molecule has 0 aliphatic rings. The number of unbranched alkanes of at least 4 members (excludes halogenated alkanes) is 1. The van der Waals surface area contributed by atoms with Gasteiger partial charge in [-0.15, -0.1) is 0 Å². The van der Waals surface area contributed by atoms with Gasteiger partial charge in [-0.3, -0.25) is 4.98 Å². The number of anilines is 2. The normalized spacial score (nSPS) is 10.9. The van der Waals surface area contributed by atoms with Gasteiger partial charge in [-0.05, 0) is 31.5 Å². The monoisotopic (exact) mass is 261 g/mol. The lowest BCUT2D eigenvalue weighted by Gasteiger charge is -2.25. The lowest BCUT2D eigenvalue weighted by atomic mass is 10.1. The molecule has 2 aromatic rings. The molecule has 0 fully saturated rings. The van der Waals surface area contributed by atoms with Gasteiger partial charge in [0, 0.05) is 30.4 Å². The van der Waals surface area contributed by atoms with E-state index in [2.05, 4.69) is 11.9 Å². The first-order chi connectivity index (χ1) is 9.19. The van der Waals surface area contributed by atoms with Crippen LogP contribution >= 0.6 is 0 Å². The fourth-order valence-corrected chi connectivity index (χ4v) is 2.30. The van der Waals surface area contributed by atoms with Crippen molar-refractivity contribution in [2.45, 2.75) is 26.7 Å². The third-order valence-electron chi connectivity index (χ3n) is 3.33. The first-order valence-electron chi connectivity index (χ1n) is 6.76. The van der Waals surface area contributed by atoms with Gasteiger partial charge >= 0.3 is 0 Å². The minimum atomic E-state index is -0.290. The molecule has 2 N–H and O–H groups in total. The fourth-order valence-electron chi connectivity index (χ4n) is 2.30. The molecule has 0 aliphatic heterocycles. The number of nitrogens with two attached hydrogens (primary N) is 1. The third-order valence-corrected chi connectivity index (χ3v) is 3.33. The maximum absolute atomic E-state index is 14.3. The Morgan fingerprint density at radius 3 is 2.84 bits per heavy atom. The van der Waals surface area contributed by atoms with Crippen LogP contribution in [-0.2, 0) is 0 Å². The zero-order chi connectivity index (χ0) is 13.8. The smallest absolute Gasteiger partial charge is 0.150 e. The Morgan fingerprint density at radius 1 is 1.37 bits per heavy atom. The summed E-state index contributed by atoms with van der Waals surface area (Å²) in [5, 5.41) is 0.814. The number of halogens is 1. The summed E-state index contributed by atoms with van der Waals surface area (Å²) in [6.07, 6.45) is 3.79. The Morgan fingerprint density at radius 2 is 2.16 bits per heavy atom. The number of nitrogens with zero attached hydrogens (tertiary/aromatic N) is 2. The molecule has 102 valence electrons. The molecular weight excluding hydrogens is 241 g/mol. The van der Waals surface area contributed by atoms with Crippen LogP contribution in [0.3, 0.4) is 0 Å². The van der Waals surface area contributed by atoms with Gasteiger partial charge in [0.2, 0.25) is 0 Å². The first-order valence-corrected chi connectivity index (χ1v) is 6.76. The summed E-state index contributed by atoms with van der Waals surface area (Å²) in [5.41, 5.74) is 7.53. The summed E-state index contributed by atoms with van der Waals surface area (Å²) in [6.45, 7) is 5.75. The van der Waals surface area contributed by atoms with Crippen LogP contribution in [0.1, 0.15) is 26.7 Å². The highest BCUT2D eigenvalue weighted by molar-refractivity contribution is 5.98. The fraction of sp³-hybridized carbons (Fsp3) is 0.400. The molecule has 0 bridgehead atoms. The second kappa shape index (κ2) is 5.87. The SMILES string of the molecule is CCCCN(CC)c1c(F)cc(N)c2cccnc12. The summed E-state index contributed by atoms with van der Waals surface area (Å²) in [7, 11) is 0. The van der Waals surface area contributed by atoms with Crippen LogP contribution in [0.15, 0.2) is 24.4 Å². The molecule has 0 atom stereocenters. The molecule has 3 nitrogen and oxygen atoms in total. The van der Waals surface area contributed by atoms with Crippen LogP contribution in [0.4, 0.5) is 15.8 Å². The molecule has 0 saturated carbocycles. The van der Waals surface area contributed by atoms with Gasteiger partial charge in [0.15, 0.2) is 5.82 Å². The largest absolute Gasteiger partial charge is 0.398 e. The number of rotatable bonds is 5. The van der Waals surface area contributed by atoms with Gasteiger partial charge in [-0.25, -0.2) is 4.39 Å². The van der Waals surface area contributed by atoms with Crippen molar-refractivity contribution in [1.82, 2.24) is 4.98 Å². The molecule has 1 aromatic carbocycles. The van der Waals surface area contributed by atoms with Gasteiger partial charge in [0.05, 0.1) is 11.2 Å². The van der Waals surface area contributed by atoms with Crippen molar-refractivity contribution in [2.24, 2.45) is 0 Å². The molecule has 0 spiro atoms. The van der Waals surface area contributed by atoms with Gasteiger partial charge < -0.3 is 10.6 Å². The zero-order valence-corrected chi connectivity index (χ0v) is 11.5. The topological polar surface area (TPSA) is 42.1 Å². The average molecular weight is 261 g/mol. The summed E-state index contributed by atoms with van der Waals surface area (Å²) in [4.78, 5) is 6.35. The molecule has 19 heavy (non-hydrogen) atoms. The number of fused-ring (bicyclic) bond motifs is 1. The first kappa shape index (κ1) is 13.6. The lowest BCUT2D eigenvalue weighted by molar-refractivity contribution is 0.616. The van der Waals surface area contributed by atoms with Crippen LogP contribution in [0.2, 0.25) is 0 Å². The lowest BCUT2D eigenvalue weighted by Crippen LogP contribution is -2.25. The van der Waals surface area contributed by atoms with Crippen molar-refractivity contribution in [3.8, 4) is 0 Å². The molecule has 1 aromatic heterocycles. The molecule has 0 unspecified atom stereocenters. The maximum atomic E-state index is 14.3. The van der Waals surface area contributed by atoms with E-state index in [4.69, 9.17) is 5.73 Å². The minimum absolute atomic E-state index is 0.290. The molecule has 0 radical (unpaired) electrons. The summed E-state index contributed by atoms with van der Waals surface area (Å²) in [6, 6.07) is 5.10. The second-order valence-electron chi connectivity index (χ2n) is 4.63.